The molecule has 4 heteroatoms. The average molecular weight is 226 g/mol. The summed E-state index contributed by atoms with van der Waals surface area (Å²) in [5.74, 6) is 0.748. The van der Waals surface area contributed by atoms with Crippen LogP contribution in [-0.4, -0.2) is 15.0 Å². The Kier molecular flexibility index (Phi) is 2.19. The molecule has 1 aliphatic rings. The predicted molar refractivity (Wildman–Crippen MR) is 65.1 cm³/mol. The van der Waals surface area contributed by atoms with Gasteiger partial charge in [0, 0.05) is 11.9 Å². The lowest BCUT2D eigenvalue weighted by Gasteiger charge is -2.10. The highest BCUT2D eigenvalue weighted by molar-refractivity contribution is 5.54. The first-order chi connectivity index (χ1) is 8.17. The Hall–Kier alpha value is -1.81. The van der Waals surface area contributed by atoms with Crippen LogP contribution in [0.2, 0.25) is 0 Å². The maximum atomic E-state index is 6.14. The summed E-state index contributed by atoms with van der Waals surface area (Å²) >= 11 is 0. The number of pyridine rings is 1. The third kappa shape index (κ3) is 1.91. The SMILES string of the molecule is Cc1cc(-c2ccccn2)nc(C2(N)CC2)n1. The molecule has 86 valence electrons. The van der Waals surface area contributed by atoms with E-state index in [1.165, 1.54) is 0 Å². The van der Waals surface area contributed by atoms with Gasteiger partial charge in [-0.25, -0.2) is 9.97 Å². The van der Waals surface area contributed by atoms with E-state index in [9.17, 15) is 0 Å². The van der Waals surface area contributed by atoms with Crippen molar-refractivity contribution in [3.63, 3.8) is 0 Å². The van der Waals surface area contributed by atoms with Crippen LogP contribution in [0.4, 0.5) is 0 Å². The van der Waals surface area contributed by atoms with Crippen LogP contribution >= 0.6 is 0 Å². The second-order valence-electron chi connectivity index (χ2n) is 4.59. The Labute approximate surface area is 99.9 Å². The molecule has 0 saturated heterocycles. The molecular weight excluding hydrogens is 212 g/mol. The Morgan fingerprint density at radius 1 is 1.18 bits per heavy atom. The van der Waals surface area contributed by atoms with Gasteiger partial charge < -0.3 is 5.73 Å². The molecule has 0 radical (unpaired) electrons. The highest BCUT2D eigenvalue weighted by atomic mass is 15.0. The minimum Gasteiger partial charge on any atom is -0.319 e. The van der Waals surface area contributed by atoms with Gasteiger partial charge >= 0.3 is 0 Å². The molecule has 3 rings (SSSR count). The van der Waals surface area contributed by atoms with E-state index in [2.05, 4.69) is 15.0 Å². The molecule has 2 aromatic rings. The highest BCUT2D eigenvalue weighted by Gasteiger charge is 2.43. The minimum atomic E-state index is -0.296. The van der Waals surface area contributed by atoms with Crippen molar-refractivity contribution in [2.24, 2.45) is 5.73 Å². The molecular formula is C13H14N4. The molecule has 2 heterocycles. The second kappa shape index (κ2) is 3.60. The van der Waals surface area contributed by atoms with Crippen molar-refractivity contribution < 1.29 is 0 Å². The van der Waals surface area contributed by atoms with Crippen LogP contribution in [0.1, 0.15) is 24.4 Å². The van der Waals surface area contributed by atoms with Crippen molar-refractivity contribution >= 4 is 0 Å². The molecule has 0 atom stereocenters. The summed E-state index contributed by atoms with van der Waals surface area (Å²) in [4.78, 5) is 13.3. The van der Waals surface area contributed by atoms with E-state index in [1.807, 2.05) is 31.2 Å². The molecule has 0 bridgehead atoms. The predicted octanol–water partition coefficient (Wildman–Crippen LogP) is 1.79. The second-order valence-corrected chi connectivity index (χ2v) is 4.59. The molecule has 0 aliphatic heterocycles. The highest BCUT2D eigenvalue weighted by Crippen LogP contribution is 2.41. The molecule has 1 fully saturated rings. The topological polar surface area (TPSA) is 64.7 Å². The molecule has 1 saturated carbocycles. The zero-order valence-corrected chi connectivity index (χ0v) is 9.72. The molecule has 0 spiro atoms. The van der Waals surface area contributed by atoms with Crippen molar-refractivity contribution in [2.75, 3.05) is 0 Å². The fraction of sp³-hybridized carbons (Fsp3) is 0.308. The van der Waals surface area contributed by atoms with Crippen molar-refractivity contribution in [1.29, 1.82) is 0 Å². The number of nitrogens with two attached hydrogens (primary N) is 1. The lowest BCUT2D eigenvalue weighted by atomic mass is 10.2. The number of hydrogen-bond acceptors (Lipinski definition) is 4. The maximum Gasteiger partial charge on any atom is 0.149 e. The normalized spacial score (nSPS) is 16.8. The summed E-state index contributed by atoms with van der Waals surface area (Å²) in [6.45, 7) is 1.96. The number of rotatable bonds is 2. The van der Waals surface area contributed by atoms with Gasteiger partial charge in [-0.15, -0.1) is 0 Å². The van der Waals surface area contributed by atoms with Crippen molar-refractivity contribution in [1.82, 2.24) is 15.0 Å². The quantitative estimate of drug-likeness (QED) is 0.848. The molecule has 2 N–H and O–H groups in total. The summed E-state index contributed by atoms with van der Waals surface area (Å²) < 4.78 is 0. The molecule has 0 amide bonds. The average Bonchev–Trinajstić information content (AvgIpc) is 3.09. The third-order valence-electron chi connectivity index (χ3n) is 3.02. The van der Waals surface area contributed by atoms with Crippen molar-refractivity contribution in [3.8, 4) is 11.4 Å². The van der Waals surface area contributed by atoms with Gasteiger partial charge in [0.1, 0.15) is 5.82 Å². The maximum absolute atomic E-state index is 6.14. The summed E-state index contributed by atoms with van der Waals surface area (Å²) in [5, 5.41) is 0. The molecule has 1 aliphatic carbocycles. The van der Waals surface area contributed by atoms with Crippen LogP contribution in [0.25, 0.3) is 11.4 Å². The van der Waals surface area contributed by atoms with Gasteiger partial charge in [-0.2, -0.15) is 0 Å². The van der Waals surface area contributed by atoms with Crippen LogP contribution < -0.4 is 5.73 Å². The first-order valence-electron chi connectivity index (χ1n) is 5.74. The van der Waals surface area contributed by atoms with Crippen LogP contribution in [0, 0.1) is 6.92 Å². The van der Waals surface area contributed by atoms with E-state index < -0.39 is 0 Å². The molecule has 0 aromatic carbocycles. The van der Waals surface area contributed by atoms with Crippen LogP contribution in [0.3, 0.4) is 0 Å². The zero-order valence-electron chi connectivity index (χ0n) is 9.72. The van der Waals surface area contributed by atoms with Crippen LogP contribution in [0.15, 0.2) is 30.5 Å². The van der Waals surface area contributed by atoms with Gasteiger partial charge in [0.05, 0.1) is 16.9 Å². The standard InChI is InChI=1S/C13H14N4/c1-9-8-11(10-4-2-3-7-15-10)17-12(16-9)13(14)5-6-13/h2-4,7-8H,5-6,14H2,1H3. The fourth-order valence-electron chi connectivity index (χ4n) is 1.79. The summed E-state index contributed by atoms with van der Waals surface area (Å²) in [5.41, 5.74) is 8.50. The van der Waals surface area contributed by atoms with Gasteiger partial charge in [0.15, 0.2) is 0 Å². The Balaban J connectivity index is 2.09. The number of aryl methyl sites for hydroxylation is 1. The summed E-state index contributed by atoms with van der Waals surface area (Å²) in [7, 11) is 0. The van der Waals surface area contributed by atoms with Gasteiger partial charge in [-0.1, -0.05) is 6.07 Å². The van der Waals surface area contributed by atoms with E-state index in [-0.39, 0.29) is 5.54 Å². The van der Waals surface area contributed by atoms with Crippen LogP contribution in [-0.2, 0) is 5.54 Å². The van der Waals surface area contributed by atoms with E-state index in [0.717, 1.165) is 35.7 Å². The first kappa shape index (κ1) is 10.4. The van der Waals surface area contributed by atoms with E-state index in [0.29, 0.717) is 0 Å². The Morgan fingerprint density at radius 2 is 2.00 bits per heavy atom. The number of aromatic nitrogens is 3. The van der Waals surface area contributed by atoms with Gasteiger partial charge in [0.2, 0.25) is 0 Å². The van der Waals surface area contributed by atoms with E-state index in [1.54, 1.807) is 6.20 Å². The lowest BCUT2D eigenvalue weighted by molar-refractivity contribution is 0.668. The minimum absolute atomic E-state index is 0.296. The number of hydrogen-bond donors (Lipinski definition) is 1. The van der Waals surface area contributed by atoms with Gasteiger partial charge in [-0.3, -0.25) is 4.98 Å². The fourth-order valence-corrected chi connectivity index (χ4v) is 1.79. The van der Waals surface area contributed by atoms with E-state index in [4.69, 9.17) is 5.73 Å². The monoisotopic (exact) mass is 226 g/mol. The molecule has 2 aromatic heterocycles. The van der Waals surface area contributed by atoms with E-state index >= 15 is 0 Å². The molecule has 4 nitrogen and oxygen atoms in total. The smallest absolute Gasteiger partial charge is 0.149 e. The third-order valence-corrected chi connectivity index (χ3v) is 3.02. The lowest BCUT2D eigenvalue weighted by Crippen LogP contribution is -2.22. The Morgan fingerprint density at radius 3 is 2.65 bits per heavy atom. The van der Waals surface area contributed by atoms with Gasteiger partial charge in [0.25, 0.3) is 0 Å². The molecule has 0 unspecified atom stereocenters. The van der Waals surface area contributed by atoms with Crippen molar-refractivity contribution in [3.05, 3.63) is 42.0 Å². The van der Waals surface area contributed by atoms with Crippen LogP contribution in [0.5, 0.6) is 0 Å². The number of nitrogens with zero attached hydrogens (tertiary/aromatic N) is 3. The largest absolute Gasteiger partial charge is 0.319 e. The summed E-state index contributed by atoms with van der Waals surface area (Å²) in [6, 6.07) is 7.73. The zero-order chi connectivity index (χ0) is 11.9. The van der Waals surface area contributed by atoms with Gasteiger partial charge in [-0.05, 0) is 38.0 Å². The summed E-state index contributed by atoms with van der Waals surface area (Å²) in [6.07, 6.45) is 3.71. The first-order valence-corrected chi connectivity index (χ1v) is 5.74. The Bertz CT molecular complexity index is 547. The molecule has 17 heavy (non-hydrogen) atoms. The van der Waals surface area contributed by atoms with Crippen molar-refractivity contribution in [2.45, 2.75) is 25.3 Å².